The van der Waals surface area contributed by atoms with Crippen LogP contribution in [-0.2, 0) is 16.4 Å². The summed E-state index contributed by atoms with van der Waals surface area (Å²) in [5.41, 5.74) is 7.96. The fourth-order valence-electron chi connectivity index (χ4n) is 3.24. The van der Waals surface area contributed by atoms with Crippen LogP contribution in [0.5, 0.6) is 0 Å². The number of sulfone groups is 1. The van der Waals surface area contributed by atoms with E-state index in [1.165, 1.54) is 6.26 Å². The summed E-state index contributed by atoms with van der Waals surface area (Å²) in [6, 6.07) is 8.25. The molecule has 21 heavy (non-hydrogen) atoms. The SMILES string of the molecule is CCN(Cc1ccccc1N)C1CCCC(S(C)(=O)=O)C1. The van der Waals surface area contributed by atoms with Crippen LogP contribution < -0.4 is 5.73 Å². The van der Waals surface area contributed by atoms with Gasteiger partial charge in [0, 0.05) is 24.5 Å². The van der Waals surface area contributed by atoms with E-state index in [0.717, 1.165) is 50.0 Å². The van der Waals surface area contributed by atoms with Gasteiger partial charge in [0.2, 0.25) is 0 Å². The molecule has 1 aromatic carbocycles. The lowest BCUT2D eigenvalue weighted by atomic mass is 9.93. The second-order valence-electron chi connectivity index (χ2n) is 6.03. The number of para-hydroxylation sites is 1. The summed E-state index contributed by atoms with van der Waals surface area (Å²) in [7, 11) is -2.93. The Kier molecular flexibility index (Phi) is 5.27. The molecule has 2 N–H and O–H groups in total. The summed E-state index contributed by atoms with van der Waals surface area (Å²) in [5, 5.41) is -0.182. The van der Waals surface area contributed by atoms with E-state index in [-0.39, 0.29) is 5.25 Å². The molecular weight excluding hydrogens is 284 g/mol. The van der Waals surface area contributed by atoms with Crippen LogP contribution in [0.4, 0.5) is 5.69 Å². The molecule has 118 valence electrons. The van der Waals surface area contributed by atoms with Crippen LogP contribution in [0.2, 0.25) is 0 Å². The standard InChI is InChI=1S/C16H26N2O2S/c1-3-18(12-13-7-4-5-10-16(13)17)14-8-6-9-15(11-14)21(2,19)20/h4-5,7,10,14-15H,3,6,8-9,11-12,17H2,1-2H3. The van der Waals surface area contributed by atoms with Gasteiger partial charge in [0.05, 0.1) is 5.25 Å². The monoisotopic (exact) mass is 310 g/mol. The molecular formula is C16H26N2O2S. The molecule has 4 nitrogen and oxygen atoms in total. The first-order valence-electron chi connectivity index (χ1n) is 7.68. The minimum Gasteiger partial charge on any atom is -0.398 e. The highest BCUT2D eigenvalue weighted by Gasteiger charge is 2.31. The quantitative estimate of drug-likeness (QED) is 0.849. The third-order valence-corrected chi connectivity index (χ3v) is 6.19. The number of hydrogen-bond acceptors (Lipinski definition) is 4. The zero-order valence-corrected chi connectivity index (χ0v) is 13.8. The smallest absolute Gasteiger partial charge is 0.150 e. The Labute approximate surface area is 128 Å². The number of anilines is 1. The lowest BCUT2D eigenvalue weighted by Gasteiger charge is -2.36. The molecule has 0 heterocycles. The molecule has 2 unspecified atom stereocenters. The predicted molar refractivity (Wildman–Crippen MR) is 87.8 cm³/mol. The third-order valence-electron chi connectivity index (χ3n) is 4.56. The maximum atomic E-state index is 11.8. The molecule has 2 rings (SSSR count). The van der Waals surface area contributed by atoms with Crippen molar-refractivity contribution in [1.82, 2.24) is 4.90 Å². The van der Waals surface area contributed by atoms with E-state index in [4.69, 9.17) is 5.73 Å². The summed E-state index contributed by atoms with van der Waals surface area (Å²) < 4.78 is 23.6. The van der Waals surface area contributed by atoms with E-state index in [0.29, 0.717) is 6.04 Å². The average molecular weight is 310 g/mol. The molecule has 0 amide bonds. The van der Waals surface area contributed by atoms with Gasteiger partial charge in [-0.2, -0.15) is 0 Å². The molecule has 0 radical (unpaired) electrons. The Morgan fingerprint density at radius 2 is 2.00 bits per heavy atom. The zero-order chi connectivity index (χ0) is 15.5. The fourth-order valence-corrected chi connectivity index (χ4v) is 4.40. The van der Waals surface area contributed by atoms with Crippen molar-refractivity contribution < 1.29 is 8.42 Å². The van der Waals surface area contributed by atoms with E-state index < -0.39 is 9.84 Å². The van der Waals surface area contributed by atoms with E-state index in [9.17, 15) is 8.42 Å². The van der Waals surface area contributed by atoms with E-state index in [1.807, 2.05) is 18.2 Å². The minimum atomic E-state index is -2.93. The maximum absolute atomic E-state index is 11.8. The molecule has 2 atom stereocenters. The number of rotatable bonds is 5. The summed E-state index contributed by atoms with van der Waals surface area (Å²) in [6.07, 6.45) is 4.99. The molecule has 1 aliphatic carbocycles. The van der Waals surface area contributed by atoms with E-state index >= 15 is 0 Å². The van der Waals surface area contributed by atoms with Crippen LogP contribution in [-0.4, -0.2) is 37.4 Å². The highest BCUT2D eigenvalue weighted by atomic mass is 32.2. The topological polar surface area (TPSA) is 63.4 Å². The first-order chi connectivity index (χ1) is 9.91. The van der Waals surface area contributed by atoms with Crippen molar-refractivity contribution in [1.29, 1.82) is 0 Å². The minimum absolute atomic E-state index is 0.182. The number of benzene rings is 1. The average Bonchev–Trinajstić information content (AvgIpc) is 2.46. The molecule has 1 fully saturated rings. The molecule has 1 aromatic rings. The molecule has 0 aliphatic heterocycles. The van der Waals surface area contributed by atoms with Crippen LogP contribution in [0.15, 0.2) is 24.3 Å². The van der Waals surface area contributed by atoms with Crippen molar-refractivity contribution in [2.75, 3.05) is 18.5 Å². The van der Waals surface area contributed by atoms with Crippen molar-refractivity contribution in [3.8, 4) is 0 Å². The van der Waals surface area contributed by atoms with Crippen molar-refractivity contribution in [2.24, 2.45) is 0 Å². The number of nitrogens with zero attached hydrogens (tertiary/aromatic N) is 1. The van der Waals surface area contributed by atoms with Crippen LogP contribution in [0.1, 0.15) is 38.2 Å². The second-order valence-corrected chi connectivity index (χ2v) is 8.36. The molecule has 5 heteroatoms. The van der Waals surface area contributed by atoms with Gasteiger partial charge in [0.1, 0.15) is 9.84 Å². The molecule has 0 aromatic heterocycles. The van der Waals surface area contributed by atoms with Crippen LogP contribution in [0, 0.1) is 0 Å². The lowest BCUT2D eigenvalue weighted by Crippen LogP contribution is -2.41. The number of hydrogen-bond donors (Lipinski definition) is 1. The summed E-state index contributed by atoms with van der Waals surface area (Å²) in [5.74, 6) is 0. The van der Waals surface area contributed by atoms with Crippen molar-refractivity contribution >= 4 is 15.5 Å². The third kappa shape index (κ3) is 4.20. The van der Waals surface area contributed by atoms with E-state index in [1.54, 1.807) is 0 Å². The van der Waals surface area contributed by atoms with Gasteiger partial charge in [-0.25, -0.2) is 8.42 Å². The molecule has 0 bridgehead atoms. The highest BCUT2D eigenvalue weighted by Crippen LogP contribution is 2.28. The van der Waals surface area contributed by atoms with Crippen LogP contribution in [0.25, 0.3) is 0 Å². The van der Waals surface area contributed by atoms with Crippen LogP contribution in [0.3, 0.4) is 0 Å². The fraction of sp³-hybridized carbons (Fsp3) is 0.625. The lowest BCUT2D eigenvalue weighted by molar-refractivity contribution is 0.157. The number of nitrogens with two attached hydrogens (primary N) is 1. The highest BCUT2D eigenvalue weighted by molar-refractivity contribution is 7.91. The number of nitrogen functional groups attached to an aromatic ring is 1. The van der Waals surface area contributed by atoms with Gasteiger partial charge in [-0.05, 0) is 37.4 Å². The first-order valence-corrected chi connectivity index (χ1v) is 9.63. The van der Waals surface area contributed by atoms with Gasteiger partial charge in [-0.15, -0.1) is 0 Å². The summed E-state index contributed by atoms with van der Waals surface area (Å²) in [4.78, 5) is 2.36. The summed E-state index contributed by atoms with van der Waals surface area (Å²) >= 11 is 0. The molecule has 1 aliphatic rings. The Morgan fingerprint density at radius 1 is 1.29 bits per heavy atom. The van der Waals surface area contributed by atoms with Gasteiger partial charge < -0.3 is 5.73 Å². The van der Waals surface area contributed by atoms with Gasteiger partial charge in [0.15, 0.2) is 0 Å². The molecule has 0 spiro atoms. The van der Waals surface area contributed by atoms with E-state index in [2.05, 4.69) is 17.9 Å². The summed E-state index contributed by atoms with van der Waals surface area (Å²) in [6.45, 7) is 3.84. The Bertz CT molecular complexity index is 571. The van der Waals surface area contributed by atoms with Crippen molar-refractivity contribution in [3.63, 3.8) is 0 Å². The van der Waals surface area contributed by atoms with Crippen molar-refractivity contribution in [3.05, 3.63) is 29.8 Å². The van der Waals surface area contributed by atoms with Crippen LogP contribution >= 0.6 is 0 Å². The molecule has 0 saturated heterocycles. The van der Waals surface area contributed by atoms with Crippen molar-refractivity contribution in [2.45, 2.75) is 50.4 Å². The Balaban J connectivity index is 2.09. The first kappa shape index (κ1) is 16.3. The van der Waals surface area contributed by atoms with Gasteiger partial charge in [0.25, 0.3) is 0 Å². The largest absolute Gasteiger partial charge is 0.398 e. The molecule has 1 saturated carbocycles. The second kappa shape index (κ2) is 6.79. The Hall–Kier alpha value is -1.07. The normalized spacial score (nSPS) is 23.4. The van der Waals surface area contributed by atoms with Gasteiger partial charge in [-0.3, -0.25) is 4.90 Å². The Morgan fingerprint density at radius 3 is 2.62 bits per heavy atom. The van der Waals surface area contributed by atoms with Gasteiger partial charge >= 0.3 is 0 Å². The maximum Gasteiger partial charge on any atom is 0.150 e. The predicted octanol–water partition coefficient (Wildman–Crippen LogP) is 2.45. The van der Waals surface area contributed by atoms with Gasteiger partial charge in [-0.1, -0.05) is 31.5 Å². The zero-order valence-electron chi connectivity index (χ0n) is 13.0.